The molecule has 0 aliphatic rings. The number of hydrogen-bond acceptors (Lipinski definition) is 7. The fourth-order valence-corrected chi connectivity index (χ4v) is 3.62. The number of esters is 2. The average molecular weight is 492 g/mol. The Labute approximate surface area is 212 Å². The van der Waals surface area contributed by atoms with Gasteiger partial charge in [0, 0.05) is 6.92 Å². The Balaban J connectivity index is 1.60. The highest BCUT2D eigenvalue weighted by molar-refractivity contribution is 5.93. The minimum absolute atomic E-state index is 0.117. The molecule has 7 nitrogen and oxygen atoms in total. The molecule has 0 aliphatic heterocycles. The third kappa shape index (κ3) is 7.85. The van der Waals surface area contributed by atoms with Gasteiger partial charge in [0.1, 0.15) is 36.0 Å². The van der Waals surface area contributed by atoms with Crippen molar-refractivity contribution in [1.29, 1.82) is 0 Å². The molecule has 36 heavy (non-hydrogen) atoms. The summed E-state index contributed by atoms with van der Waals surface area (Å²) in [7, 11) is 5.48. The molecule has 0 saturated carbocycles. The molecule has 3 rings (SSSR count). The second-order valence-electron chi connectivity index (χ2n) is 8.58. The Morgan fingerprint density at radius 2 is 1.58 bits per heavy atom. The van der Waals surface area contributed by atoms with E-state index in [0.29, 0.717) is 6.61 Å². The summed E-state index contributed by atoms with van der Waals surface area (Å²) in [5.41, 5.74) is 2.50. The molecule has 1 unspecified atom stereocenters. The lowest BCUT2D eigenvalue weighted by molar-refractivity contribution is -0.131. The second-order valence-corrected chi connectivity index (χ2v) is 8.58. The number of ether oxygens (including phenoxy) is 4. The largest absolute Gasteiger partial charge is 0.497 e. The van der Waals surface area contributed by atoms with Gasteiger partial charge in [0.25, 0.3) is 0 Å². The van der Waals surface area contributed by atoms with Gasteiger partial charge in [-0.25, -0.2) is 4.79 Å². The van der Waals surface area contributed by atoms with Crippen molar-refractivity contribution in [3.8, 4) is 17.2 Å². The minimum Gasteiger partial charge on any atom is -0.497 e. The highest BCUT2D eigenvalue weighted by Crippen LogP contribution is 2.23. The Morgan fingerprint density at radius 1 is 0.861 bits per heavy atom. The molecule has 0 radical (unpaired) electrons. The molecular weight excluding hydrogens is 458 g/mol. The monoisotopic (exact) mass is 491 g/mol. The lowest BCUT2D eigenvalue weighted by atomic mass is 10.0. The quantitative estimate of drug-likeness (QED) is 0.271. The number of methoxy groups -OCH3 is 1. The number of para-hydroxylation sites is 2. The molecule has 0 spiro atoms. The van der Waals surface area contributed by atoms with Crippen LogP contribution in [-0.4, -0.2) is 57.3 Å². The van der Waals surface area contributed by atoms with Crippen molar-refractivity contribution >= 4 is 11.9 Å². The molecule has 0 amide bonds. The SMILES string of the molecule is COc1cccc(CCc2ccccc2OCC(COC(=O)c2ccccc2OC(C)=O)N(C)C)c1. The fourth-order valence-electron chi connectivity index (χ4n) is 3.62. The van der Waals surface area contributed by atoms with Crippen LogP contribution in [0.3, 0.4) is 0 Å². The summed E-state index contributed by atoms with van der Waals surface area (Å²) in [5, 5.41) is 0. The maximum atomic E-state index is 12.7. The topological polar surface area (TPSA) is 74.3 Å². The van der Waals surface area contributed by atoms with Gasteiger partial charge in [0.2, 0.25) is 0 Å². The maximum absolute atomic E-state index is 12.7. The van der Waals surface area contributed by atoms with Crippen LogP contribution >= 0.6 is 0 Å². The number of carbonyl (C=O) groups excluding carboxylic acids is 2. The molecule has 0 fully saturated rings. The zero-order valence-electron chi connectivity index (χ0n) is 21.2. The molecule has 0 bridgehead atoms. The molecule has 0 heterocycles. The lowest BCUT2D eigenvalue weighted by Crippen LogP contribution is -2.38. The predicted octanol–water partition coefficient (Wildman–Crippen LogP) is 4.57. The molecule has 3 aromatic carbocycles. The van der Waals surface area contributed by atoms with Gasteiger partial charge in [0.15, 0.2) is 0 Å². The van der Waals surface area contributed by atoms with Crippen LogP contribution in [0.15, 0.2) is 72.8 Å². The molecule has 7 heteroatoms. The van der Waals surface area contributed by atoms with Crippen molar-refractivity contribution < 1.29 is 28.5 Å². The van der Waals surface area contributed by atoms with Crippen molar-refractivity contribution in [3.63, 3.8) is 0 Å². The summed E-state index contributed by atoms with van der Waals surface area (Å²) in [6, 6.07) is 22.3. The fraction of sp³-hybridized carbons (Fsp3) is 0.310. The zero-order valence-corrected chi connectivity index (χ0v) is 21.2. The summed E-state index contributed by atoms with van der Waals surface area (Å²) in [6.45, 7) is 1.74. The average Bonchev–Trinajstić information content (AvgIpc) is 2.87. The van der Waals surface area contributed by atoms with Crippen LogP contribution in [0, 0.1) is 0 Å². The number of aryl methyl sites for hydroxylation is 2. The van der Waals surface area contributed by atoms with Crippen LogP contribution in [0.1, 0.15) is 28.4 Å². The zero-order chi connectivity index (χ0) is 25.9. The van der Waals surface area contributed by atoms with E-state index in [9.17, 15) is 9.59 Å². The van der Waals surface area contributed by atoms with Gasteiger partial charge >= 0.3 is 11.9 Å². The molecule has 0 N–H and O–H groups in total. The van der Waals surface area contributed by atoms with E-state index in [2.05, 4.69) is 12.1 Å². The molecule has 0 aromatic heterocycles. The van der Waals surface area contributed by atoms with Crippen molar-refractivity contribution in [2.24, 2.45) is 0 Å². The van der Waals surface area contributed by atoms with Gasteiger partial charge in [-0.1, -0.05) is 42.5 Å². The number of rotatable bonds is 12. The maximum Gasteiger partial charge on any atom is 0.342 e. The van der Waals surface area contributed by atoms with Crippen LogP contribution in [0.5, 0.6) is 17.2 Å². The van der Waals surface area contributed by atoms with Gasteiger partial charge < -0.3 is 23.8 Å². The van der Waals surface area contributed by atoms with Gasteiger partial charge in [0.05, 0.1) is 13.2 Å². The normalized spacial score (nSPS) is 11.6. The first-order chi connectivity index (χ1) is 17.4. The van der Waals surface area contributed by atoms with E-state index >= 15 is 0 Å². The number of benzene rings is 3. The summed E-state index contributed by atoms with van der Waals surface area (Å²) in [6.07, 6.45) is 1.67. The molecule has 1 atom stereocenters. The molecule has 0 saturated heterocycles. The number of likely N-dealkylation sites (N-methyl/N-ethyl adjacent to an activating group) is 1. The highest BCUT2D eigenvalue weighted by atomic mass is 16.6. The molecule has 190 valence electrons. The Kier molecular flexibility index (Phi) is 9.89. The first kappa shape index (κ1) is 26.8. The van der Waals surface area contributed by atoms with Crippen LogP contribution in [0.2, 0.25) is 0 Å². The third-order valence-electron chi connectivity index (χ3n) is 5.72. The van der Waals surface area contributed by atoms with Crippen molar-refractivity contribution in [1.82, 2.24) is 4.90 Å². The third-order valence-corrected chi connectivity index (χ3v) is 5.72. The van der Waals surface area contributed by atoms with Gasteiger partial charge in [-0.3, -0.25) is 4.79 Å². The van der Waals surface area contributed by atoms with E-state index in [1.54, 1.807) is 31.4 Å². The van der Waals surface area contributed by atoms with E-state index < -0.39 is 11.9 Å². The van der Waals surface area contributed by atoms with Gasteiger partial charge in [-0.2, -0.15) is 0 Å². The van der Waals surface area contributed by atoms with E-state index in [1.807, 2.05) is 55.4 Å². The molecular formula is C29H33NO6. The Morgan fingerprint density at radius 3 is 2.31 bits per heavy atom. The highest BCUT2D eigenvalue weighted by Gasteiger charge is 2.20. The number of carbonyl (C=O) groups is 2. The van der Waals surface area contributed by atoms with E-state index in [4.69, 9.17) is 18.9 Å². The first-order valence-electron chi connectivity index (χ1n) is 11.8. The minimum atomic E-state index is -0.558. The number of hydrogen-bond donors (Lipinski definition) is 0. The second kappa shape index (κ2) is 13.3. The summed E-state index contributed by atoms with van der Waals surface area (Å²) < 4.78 is 22.2. The van der Waals surface area contributed by atoms with Gasteiger partial charge in [-0.15, -0.1) is 0 Å². The Hall–Kier alpha value is -3.84. The summed E-state index contributed by atoms with van der Waals surface area (Å²) >= 11 is 0. The molecule has 3 aromatic rings. The lowest BCUT2D eigenvalue weighted by Gasteiger charge is -2.25. The van der Waals surface area contributed by atoms with Crippen molar-refractivity contribution in [3.05, 3.63) is 89.5 Å². The van der Waals surface area contributed by atoms with Crippen LogP contribution in [0.25, 0.3) is 0 Å². The Bertz CT molecular complexity index is 1160. The summed E-state index contributed by atoms with van der Waals surface area (Å²) in [4.78, 5) is 26.0. The predicted molar refractivity (Wildman–Crippen MR) is 138 cm³/mol. The van der Waals surface area contributed by atoms with E-state index in [1.165, 1.54) is 12.5 Å². The van der Waals surface area contributed by atoms with E-state index in [-0.39, 0.29) is 24.0 Å². The summed E-state index contributed by atoms with van der Waals surface area (Å²) in [5.74, 6) is 0.768. The van der Waals surface area contributed by atoms with Crippen LogP contribution in [-0.2, 0) is 22.4 Å². The standard InChI is InChI=1S/C29H33NO6/c1-21(31)36-28-15-8-6-13-26(28)29(32)35-20-24(30(2)3)19-34-27-14-7-5-11-23(27)17-16-22-10-9-12-25(18-22)33-4/h5-15,18,24H,16-17,19-20H2,1-4H3. The van der Waals surface area contributed by atoms with Crippen molar-refractivity contribution in [2.45, 2.75) is 25.8 Å². The smallest absolute Gasteiger partial charge is 0.342 e. The number of nitrogens with zero attached hydrogens (tertiary/aromatic N) is 1. The first-order valence-corrected chi connectivity index (χ1v) is 11.8. The van der Waals surface area contributed by atoms with Gasteiger partial charge in [-0.05, 0) is 68.4 Å². The van der Waals surface area contributed by atoms with E-state index in [0.717, 1.165) is 29.9 Å². The van der Waals surface area contributed by atoms with Crippen LogP contribution < -0.4 is 14.2 Å². The van der Waals surface area contributed by atoms with Crippen molar-refractivity contribution in [2.75, 3.05) is 34.4 Å². The molecule has 0 aliphatic carbocycles. The van der Waals surface area contributed by atoms with Crippen LogP contribution in [0.4, 0.5) is 0 Å².